The summed E-state index contributed by atoms with van der Waals surface area (Å²) in [4.78, 5) is 11.3. The van der Waals surface area contributed by atoms with Gasteiger partial charge in [-0.25, -0.2) is 4.79 Å². The Morgan fingerprint density at radius 2 is 2.00 bits per heavy atom. The first-order valence-corrected chi connectivity index (χ1v) is 4.24. The summed E-state index contributed by atoms with van der Waals surface area (Å²) < 4.78 is 9.22. The van der Waals surface area contributed by atoms with Crippen LogP contribution in [0, 0.1) is 11.3 Å². The summed E-state index contributed by atoms with van der Waals surface area (Å²) in [6.07, 6.45) is 0. The summed E-state index contributed by atoms with van der Waals surface area (Å²) in [5.41, 5.74) is -0.393. The van der Waals surface area contributed by atoms with Crippen LogP contribution < -0.4 is 4.74 Å². The van der Waals surface area contributed by atoms with Gasteiger partial charge in [0, 0.05) is 12.1 Å². The number of benzene rings is 1. The minimum Gasteiger partial charge on any atom is -0.507 e. The molecule has 1 rings (SSSR count). The molecular formula is C10H9NO5. The third-order valence-electron chi connectivity index (χ3n) is 1.78. The predicted molar refractivity (Wildman–Crippen MR) is 52.2 cm³/mol. The molecular weight excluding hydrogens is 214 g/mol. The summed E-state index contributed by atoms with van der Waals surface area (Å²) in [6.45, 7) is -0.455. The molecule has 6 heteroatoms. The lowest BCUT2D eigenvalue weighted by atomic mass is 10.1. The average Bonchev–Trinajstić information content (AvgIpc) is 2.25. The van der Waals surface area contributed by atoms with Gasteiger partial charge in [0.1, 0.15) is 28.9 Å². The van der Waals surface area contributed by atoms with Crippen molar-refractivity contribution in [3.8, 4) is 23.3 Å². The molecule has 0 unspecified atom stereocenters. The Kier molecular flexibility index (Phi) is 3.56. The van der Waals surface area contributed by atoms with E-state index < -0.39 is 29.6 Å². The monoisotopic (exact) mass is 223 g/mol. The van der Waals surface area contributed by atoms with Crippen molar-refractivity contribution in [2.24, 2.45) is 0 Å². The van der Waals surface area contributed by atoms with Crippen LogP contribution >= 0.6 is 0 Å². The minimum absolute atomic E-state index is 0.201. The van der Waals surface area contributed by atoms with E-state index in [4.69, 9.17) is 10.00 Å². The minimum atomic E-state index is -0.973. The Bertz CT molecular complexity index is 426. The zero-order valence-corrected chi connectivity index (χ0v) is 8.43. The number of phenolic OH excluding ortho intramolecular Hbond substituents is 2. The van der Waals surface area contributed by atoms with Gasteiger partial charge < -0.3 is 19.7 Å². The lowest BCUT2D eigenvalue weighted by Gasteiger charge is -2.08. The van der Waals surface area contributed by atoms with Crippen LogP contribution in [0.3, 0.4) is 0 Å². The van der Waals surface area contributed by atoms with E-state index in [1.807, 2.05) is 0 Å². The number of hydrogen-bond donors (Lipinski definition) is 2. The van der Waals surface area contributed by atoms with Gasteiger partial charge in [-0.15, -0.1) is 0 Å². The summed E-state index contributed by atoms with van der Waals surface area (Å²) in [5, 5.41) is 27.1. The Morgan fingerprint density at radius 1 is 1.44 bits per heavy atom. The van der Waals surface area contributed by atoms with E-state index >= 15 is 0 Å². The summed E-state index contributed by atoms with van der Waals surface area (Å²) >= 11 is 0. The summed E-state index contributed by atoms with van der Waals surface area (Å²) in [6, 6.07) is 3.91. The zero-order valence-electron chi connectivity index (χ0n) is 8.43. The van der Waals surface area contributed by atoms with Crippen LogP contribution in [0.1, 0.15) is 10.4 Å². The number of carbonyl (C=O) groups is 1. The second-order valence-corrected chi connectivity index (χ2v) is 2.77. The number of methoxy groups -OCH3 is 1. The quantitative estimate of drug-likeness (QED) is 0.734. The highest BCUT2D eigenvalue weighted by molar-refractivity contribution is 5.95. The fraction of sp³-hybridized carbons (Fsp3) is 0.200. The Balaban J connectivity index is 3.05. The van der Waals surface area contributed by atoms with E-state index in [2.05, 4.69) is 4.74 Å². The third kappa shape index (κ3) is 2.33. The van der Waals surface area contributed by atoms with Crippen LogP contribution in [-0.2, 0) is 4.74 Å². The van der Waals surface area contributed by atoms with Crippen molar-refractivity contribution >= 4 is 5.97 Å². The maximum absolute atomic E-state index is 11.3. The fourth-order valence-electron chi connectivity index (χ4n) is 1.08. The number of nitriles is 1. The Hall–Kier alpha value is -2.42. The van der Waals surface area contributed by atoms with Crippen molar-refractivity contribution in [1.82, 2.24) is 0 Å². The Labute approximate surface area is 91.3 Å². The second kappa shape index (κ2) is 4.89. The van der Waals surface area contributed by atoms with Crippen molar-refractivity contribution in [3.63, 3.8) is 0 Å². The maximum atomic E-state index is 11.3. The molecule has 1 aromatic rings. The predicted octanol–water partition coefficient (Wildman–Crippen LogP) is 0.787. The van der Waals surface area contributed by atoms with Crippen molar-refractivity contribution < 1.29 is 24.5 Å². The molecule has 0 aliphatic heterocycles. The van der Waals surface area contributed by atoms with Gasteiger partial charge in [-0.1, -0.05) is 0 Å². The van der Waals surface area contributed by atoms with Crippen LogP contribution in [0.2, 0.25) is 0 Å². The first-order chi connectivity index (χ1) is 7.60. The summed E-state index contributed by atoms with van der Waals surface area (Å²) in [7, 11) is 1.35. The first-order valence-electron chi connectivity index (χ1n) is 4.24. The lowest BCUT2D eigenvalue weighted by Crippen LogP contribution is -2.06. The molecule has 0 saturated carbocycles. The molecule has 0 radical (unpaired) electrons. The highest BCUT2D eigenvalue weighted by atomic mass is 16.5. The molecule has 0 saturated heterocycles. The average molecular weight is 223 g/mol. The molecule has 0 aliphatic carbocycles. The number of carbonyl (C=O) groups excluding carboxylic acids is 1. The molecule has 0 bridgehead atoms. The molecule has 6 nitrogen and oxygen atoms in total. The van der Waals surface area contributed by atoms with Crippen molar-refractivity contribution in [2.45, 2.75) is 0 Å². The maximum Gasteiger partial charge on any atom is 0.346 e. The van der Waals surface area contributed by atoms with E-state index in [1.54, 1.807) is 6.07 Å². The van der Waals surface area contributed by atoms with Crippen LogP contribution in [0.5, 0.6) is 17.2 Å². The number of ether oxygens (including phenoxy) is 2. The van der Waals surface area contributed by atoms with Gasteiger partial charge in [0.2, 0.25) is 0 Å². The van der Waals surface area contributed by atoms with Crippen molar-refractivity contribution in [3.05, 3.63) is 17.7 Å². The standard InChI is InChI=1S/C10H9NO5/c1-15-6-4-7(12)9(8(13)5-6)10(14)16-3-2-11/h4-5,12-13H,3H2,1H3. The van der Waals surface area contributed by atoms with E-state index in [9.17, 15) is 15.0 Å². The van der Waals surface area contributed by atoms with Gasteiger partial charge in [0.05, 0.1) is 7.11 Å². The summed E-state index contributed by atoms with van der Waals surface area (Å²) in [5.74, 6) is -1.72. The molecule has 2 N–H and O–H groups in total. The smallest absolute Gasteiger partial charge is 0.346 e. The number of rotatable bonds is 3. The molecule has 84 valence electrons. The number of aromatic hydroxyl groups is 2. The molecule has 0 aromatic heterocycles. The number of hydrogen-bond acceptors (Lipinski definition) is 6. The van der Waals surface area contributed by atoms with E-state index in [-0.39, 0.29) is 5.75 Å². The molecule has 0 aliphatic rings. The van der Waals surface area contributed by atoms with Gasteiger partial charge >= 0.3 is 5.97 Å². The largest absolute Gasteiger partial charge is 0.507 e. The van der Waals surface area contributed by atoms with Crippen LogP contribution in [0.25, 0.3) is 0 Å². The van der Waals surface area contributed by atoms with Gasteiger partial charge in [0.15, 0.2) is 6.61 Å². The first kappa shape index (κ1) is 11.7. The fourth-order valence-corrected chi connectivity index (χ4v) is 1.08. The van der Waals surface area contributed by atoms with Gasteiger partial charge in [-0.2, -0.15) is 5.26 Å². The van der Waals surface area contributed by atoms with Crippen molar-refractivity contribution in [2.75, 3.05) is 13.7 Å². The number of esters is 1. The lowest BCUT2D eigenvalue weighted by molar-refractivity contribution is 0.0548. The zero-order chi connectivity index (χ0) is 12.1. The topological polar surface area (TPSA) is 99.8 Å². The molecule has 0 spiro atoms. The molecule has 0 fully saturated rings. The highest BCUT2D eigenvalue weighted by Crippen LogP contribution is 2.32. The van der Waals surface area contributed by atoms with Gasteiger partial charge in [-0.3, -0.25) is 0 Å². The SMILES string of the molecule is COc1cc(O)c(C(=O)OCC#N)c(O)c1. The van der Waals surface area contributed by atoms with Crippen LogP contribution in [0.15, 0.2) is 12.1 Å². The second-order valence-electron chi connectivity index (χ2n) is 2.77. The molecule has 0 amide bonds. The molecule has 1 aromatic carbocycles. The van der Waals surface area contributed by atoms with E-state index in [0.29, 0.717) is 0 Å². The molecule has 16 heavy (non-hydrogen) atoms. The van der Waals surface area contributed by atoms with Gasteiger partial charge in [0.25, 0.3) is 0 Å². The Morgan fingerprint density at radius 3 is 2.44 bits per heavy atom. The number of phenols is 2. The van der Waals surface area contributed by atoms with Gasteiger partial charge in [-0.05, 0) is 0 Å². The van der Waals surface area contributed by atoms with E-state index in [0.717, 1.165) is 12.1 Å². The molecule has 0 atom stereocenters. The van der Waals surface area contributed by atoms with Crippen LogP contribution in [-0.4, -0.2) is 29.9 Å². The highest BCUT2D eigenvalue weighted by Gasteiger charge is 2.19. The van der Waals surface area contributed by atoms with Crippen molar-refractivity contribution in [1.29, 1.82) is 5.26 Å². The van der Waals surface area contributed by atoms with Crippen LogP contribution in [0.4, 0.5) is 0 Å². The van der Waals surface area contributed by atoms with E-state index in [1.165, 1.54) is 7.11 Å². The normalized spacial score (nSPS) is 9.25. The molecule has 0 heterocycles. The number of nitrogens with zero attached hydrogens (tertiary/aromatic N) is 1. The third-order valence-corrected chi connectivity index (χ3v) is 1.78.